The Bertz CT molecular complexity index is 556. The summed E-state index contributed by atoms with van der Waals surface area (Å²) in [6.45, 7) is 0. The molecular weight excluding hydrogens is 260 g/mol. The van der Waals surface area contributed by atoms with Crippen LogP contribution in [-0.4, -0.2) is 27.5 Å². The van der Waals surface area contributed by atoms with Crippen molar-refractivity contribution in [2.75, 3.05) is 0 Å². The summed E-state index contributed by atoms with van der Waals surface area (Å²) >= 11 is 0. The first-order chi connectivity index (χ1) is 9.53. The number of rotatable bonds is 3. The first-order valence-electron chi connectivity index (χ1n) is 6.79. The van der Waals surface area contributed by atoms with Gasteiger partial charge in [0.1, 0.15) is 11.2 Å². The summed E-state index contributed by atoms with van der Waals surface area (Å²) in [5, 5.41) is 12.1. The first-order valence-corrected chi connectivity index (χ1v) is 6.79. The Balaban J connectivity index is 2.21. The minimum atomic E-state index is -1.22. The summed E-state index contributed by atoms with van der Waals surface area (Å²) in [6.07, 6.45) is 4.35. The smallest absolute Gasteiger partial charge is 0.329 e. The number of carboxylic acids is 1. The average Bonchev–Trinajstić information content (AvgIpc) is 2.65. The number of aliphatic carboxylic acids is 1. The monoisotopic (exact) mass is 278 g/mol. The predicted molar refractivity (Wildman–Crippen MR) is 72.6 cm³/mol. The Morgan fingerprint density at radius 3 is 2.35 bits per heavy atom. The van der Waals surface area contributed by atoms with Gasteiger partial charge in [0.2, 0.25) is 5.56 Å². The van der Waals surface area contributed by atoms with Gasteiger partial charge in [0, 0.05) is 6.07 Å². The van der Waals surface area contributed by atoms with Crippen LogP contribution in [0.25, 0.3) is 0 Å². The van der Waals surface area contributed by atoms with E-state index in [1.807, 2.05) is 0 Å². The Morgan fingerprint density at radius 2 is 1.80 bits per heavy atom. The van der Waals surface area contributed by atoms with Crippen LogP contribution in [0.15, 0.2) is 23.0 Å². The standard InChI is InChI=1S/C14H18N2O4/c17-11-7-5-6-10(15-11)12(18)16-14(13(19)20)8-3-1-2-4-9-14/h5-7H,1-4,8-9H2,(H,15,17)(H,16,18)(H,19,20). The molecule has 1 saturated carbocycles. The second kappa shape index (κ2) is 5.90. The number of carbonyl (C=O) groups excluding carboxylic acids is 1. The van der Waals surface area contributed by atoms with Crippen molar-refractivity contribution in [2.24, 2.45) is 0 Å². The van der Waals surface area contributed by atoms with Gasteiger partial charge in [0.25, 0.3) is 5.91 Å². The molecule has 0 bridgehead atoms. The number of aromatic amines is 1. The lowest BCUT2D eigenvalue weighted by Crippen LogP contribution is -2.54. The molecule has 1 aromatic heterocycles. The van der Waals surface area contributed by atoms with Crippen molar-refractivity contribution in [1.29, 1.82) is 0 Å². The zero-order valence-corrected chi connectivity index (χ0v) is 11.1. The average molecular weight is 278 g/mol. The molecule has 1 fully saturated rings. The van der Waals surface area contributed by atoms with Crippen LogP contribution in [0, 0.1) is 0 Å². The second-order valence-electron chi connectivity index (χ2n) is 5.18. The Morgan fingerprint density at radius 1 is 1.15 bits per heavy atom. The van der Waals surface area contributed by atoms with E-state index in [0.717, 1.165) is 25.7 Å². The van der Waals surface area contributed by atoms with Gasteiger partial charge in [-0.25, -0.2) is 4.79 Å². The number of carbonyl (C=O) groups is 2. The second-order valence-corrected chi connectivity index (χ2v) is 5.18. The zero-order valence-electron chi connectivity index (χ0n) is 11.1. The predicted octanol–water partition coefficient (Wildman–Crippen LogP) is 1.28. The van der Waals surface area contributed by atoms with Gasteiger partial charge < -0.3 is 15.4 Å². The summed E-state index contributed by atoms with van der Waals surface area (Å²) in [7, 11) is 0. The van der Waals surface area contributed by atoms with E-state index in [1.165, 1.54) is 18.2 Å². The van der Waals surface area contributed by atoms with Crippen LogP contribution in [-0.2, 0) is 4.79 Å². The third-order valence-electron chi connectivity index (χ3n) is 3.73. The van der Waals surface area contributed by atoms with Gasteiger partial charge in [-0.15, -0.1) is 0 Å². The molecule has 0 aliphatic heterocycles. The SMILES string of the molecule is O=C(NC1(C(=O)O)CCCCCC1)c1cccc(=O)[nH]1. The third-order valence-corrected chi connectivity index (χ3v) is 3.73. The van der Waals surface area contributed by atoms with Gasteiger partial charge in [-0.05, 0) is 18.9 Å². The van der Waals surface area contributed by atoms with Gasteiger partial charge in [-0.2, -0.15) is 0 Å². The van der Waals surface area contributed by atoms with Crippen molar-refractivity contribution >= 4 is 11.9 Å². The number of hydrogen-bond acceptors (Lipinski definition) is 3. The highest BCUT2D eigenvalue weighted by molar-refractivity contribution is 5.96. The molecule has 6 heteroatoms. The number of aromatic nitrogens is 1. The highest BCUT2D eigenvalue weighted by Crippen LogP contribution is 2.27. The number of carboxylic acid groups (broad SMARTS) is 1. The maximum atomic E-state index is 12.1. The molecule has 0 spiro atoms. The third kappa shape index (κ3) is 3.07. The van der Waals surface area contributed by atoms with E-state index in [1.54, 1.807) is 0 Å². The number of amides is 1. The summed E-state index contributed by atoms with van der Waals surface area (Å²) in [4.78, 5) is 37.3. The van der Waals surface area contributed by atoms with Gasteiger partial charge in [0.05, 0.1) is 0 Å². The van der Waals surface area contributed by atoms with Crippen LogP contribution >= 0.6 is 0 Å². The van der Waals surface area contributed by atoms with Crippen molar-refractivity contribution in [3.8, 4) is 0 Å². The van der Waals surface area contributed by atoms with Crippen molar-refractivity contribution in [3.63, 3.8) is 0 Å². The molecule has 0 radical (unpaired) electrons. The van der Waals surface area contributed by atoms with Crippen molar-refractivity contribution < 1.29 is 14.7 Å². The molecule has 6 nitrogen and oxygen atoms in total. The van der Waals surface area contributed by atoms with E-state index in [2.05, 4.69) is 10.3 Å². The Hall–Kier alpha value is -2.11. The van der Waals surface area contributed by atoms with Crippen LogP contribution in [0.3, 0.4) is 0 Å². The molecule has 1 aliphatic rings. The molecule has 1 aliphatic carbocycles. The first kappa shape index (κ1) is 14.3. The zero-order chi connectivity index (χ0) is 14.6. The molecule has 1 amide bonds. The molecule has 0 atom stereocenters. The molecule has 3 N–H and O–H groups in total. The van der Waals surface area contributed by atoms with Gasteiger partial charge in [-0.3, -0.25) is 9.59 Å². The fraction of sp³-hybridized carbons (Fsp3) is 0.500. The van der Waals surface area contributed by atoms with E-state index in [-0.39, 0.29) is 11.3 Å². The largest absolute Gasteiger partial charge is 0.480 e. The minimum absolute atomic E-state index is 0.0855. The molecule has 0 unspecified atom stereocenters. The molecule has 1 heterocycles. The molecule has 0 aromatic carbocycles. The molecule has 20 heavy (non-hydrogen) atoms. The van der Waals surface area contributed by atoms with Gasteiger partial charge >= 0.3 is 5.97 Å². The van der Waals surface area contributed by atoms with Crippen LogP contribution in [0.5, 0.6) is 0 Å². The maximum Gasteiger partial charge on any atom is 0.329 e. The van der Waals surface area contributed by atoms with E-state index in [4.69, 9.17) is 0 Å². The highest BCUT2D eigenvalue weighted by atomic mass is 16.4. The number of hydrogen-bond donors (Lipinski definition) is 3. The lowest BCUT2D eigenvalue weighted by molar-refractivity contribution is -0.145. The molecule has 1 aromatic rings. The molecular formula is C14H18N2O4. The fourth-order valence-corrected chi connectivity index (χ4v) is 2.59. The van der Waals surface area contributed by atoms with E-state index in [9.17, 15) is 19.5 Å². The molecule has 108 valence electrons. The van der Waals surface area contributed by atoms with E-state index in [0.29, 0.717) is 12.8 Å². The number of H-pyrrole nitrogens is 1. The minimum Gasteiger partial charge on any atom is -0.480 e. The quantitative estimate of drug-likeness (QED) is 0.725. The van der Waals surface area contributed by atoms with Crippen LogP contribution < -0.4 is 10.9 Å². The molecule has 2 rings (SSSR count). The summed E-state index contributed by atoms with van der Waals surface area (Å²) < 4.78 is 0. The number of pyridine rings is 1. The van der Waals surface area contributed by atoms with Crippen molar-refractivity contribution in [1.82, 2.24) is 10.3 Å². The molecule has 0 saturated heterocycles. The highest BCUT2D eigenvalue weighted by Gasteiger charge is 2.40. The summed E-state index contributed by atoms with van der Waals surface area (Å²) in [5.74, 6) is -1.56. The lowest BCUT2D eigenvalue weighted by atomic mass is 9.90. The normalized spacial score (nSPS) is 18.0. The Labute approximate surface area is 116 Å². The lowest BCUT2D eigenvalue weighted by Gasteiger charge is -2.29. The Kier molecular flexibility index (Phi) is 4.22. The van der Waals surface area contributed by atoms with Crippen LogP contribution in [0.1, 0.15) is 49.0 Å². The van der Waals surface area contributed by atoms with Crippen molar-refractivity contribution in [2.45, 2.75) is 44.1 Å². The van der Waals surface area contributed by atoms with Gasteiger partial charge in [0.15, 0.2) is 0 Å². The van der Waals surface area contributed by atoms with E-state index >= 15 is 0 Å². The van der Waals surface area contributed by atoms with Crippen LogP contribution in [0.2, 0.25) is 0 Å². The summed E-state index contributed by atoms with van der Waals surface area (Å²) in [5.41, 5.74) is -1.52. The van der Waals surface area contributed by atoms with Crippen molar-refractivity contribution in [3.05, 3.63) is 34.2 Å². The maximum absolute atomic E-state index is 12.1. The van der Waals surface area contributed by atoms with E-state index < -0.39 is 17.4 Å². The topological polar surface area (TPSA) is 99.3 Å². The number of nitrogens with one attached hydrogen (secondary N) is 2. The van der Waals surface area contributed by atoms with Crippen LogP contribution in [0.4, 0.5) is 0 Å². The summed E-state index contributed by atoms with van der Waals surface area (Å²) in [6, 6.07) is 4.23. The van der Waals surface area contributed by atoms with Gasteiger partial charge in [-0.1, -0.05) is 31.7 Å². The fourth-order valence-electron chi connectivity index (χ4n) is 2.59.